The number of amides is 2. The third-order valence-electron chi connectivity index (χ3n) is 11.0. The molecule has 6 N–H and O–H groups in total. The zero-order valence-electron chi connectivity index (χ0n) is 25.3. The van der Waals surface area contributed by atoms with Gasteiger partial charge >= 0.3 is 0 Å². The number of hydrogen-bond acceptors (Lipinski definition) is 6. The molecule has 1 spiro atoms. The molecule has 6 atom stereocenters. The summed E-state index contributed by atoms with van der Waals surface area (Å²) in [7, 11) is 1.96. The third-order valence-corrected chi connectivity index (χ3v) is 11.0. The Morgan fingerprint density at radius 1 is 1.23 bits per heavy atom. The number of rotatable bonds is 7. The van der Waals surface area contributed by atoms with Crippen molar-refractivity contribution in [1.29, 1.82) is 0 Å². The Hall–Kier alpha value is -1.62. The minimum atomic E-state index is -1.04. The standard InChI is InChI=1S/C30H54FN7O2/c1-5-29(3)11-7-8-21(31)20-37(6-2)24(18-29)26(27(32)33)28(40)35-22-19-34-15-10-23(22)38-16-13-30(14-17-38)12-9-25(39)36(30)4/h20-24,26-27,34H,5-19,32-33H2,1-4H3/p+1. The van der Waals surface area contributed by atoms with Gasteiger partial charge in [-0.15, -0.1) is 0 Å². The van der Waals surface area contributed by atoms with Gasteiger partial charge in [0.25, 0.3) is 0 Å². The Bertz CT molecular complexity index is 922. The van der Waals surface area contributed by atoms with E-state index >= 15 is 0 Å². The van der Waals surface area contributed by atoms with E-state index in [0.29, 0.717) is 25.9 Å². The fourth-order valence-electron chi connectivity index (χ4n) is 7.95. The van der Waals surface area contributed by atoms with Gasteiger partial charge in [-0.1, -0.05) is 20.3 Å². The molecule has 4 aliphatic heterocycles. The van der Waals surface area contributed by atoms with Crippen LogP contribution in [0.2, 0.25) is 0 Å². The predicted molar refractivity (Wildman–Crippen MR) is 157 cm³/mol. The summed E-state index contributed by atoms with van der Waals surface area (Å²) in [5.74, 6) is -0.530. The molecule has 228 valence electrons. The molecule has 10 heteroatoms. The Morgan fingerprint density at radius 2 is 1.95 bits per heavy atom. The summed E-state index contributed by atoms with van der Waals surface area (Å²) in [6.07, 6.45) is 8.22. The maximum Gasteiger partial charge on any atom is 0.233 e. The number of nitrogens with zero attached hydrogens (tertiary/aromatic N) is 3. The minimum Gasteiger partial charge on any atom is -0.350 e. The van der Waals surface area contributed by atoms with Gasteiger partial charge in [0.05, 0.1) is 12.2 Å². The first kappa shape index (κ1) is 31.3. The van der Waals surface area contributed by atoms with Crippen molar-refractivity contribution < 1.29 is 18.6 Å². The summed E-state index contributed by atoms with van der Waals surface area (Å²) in [4.78, 5) is 30.8. The summed E-state index contributed by atoms with van der Waals surface area (Å²) in [6, 6.07) is -0.127. The van der Waals surface area contributed by atoms with Crippen molar-refractivity contribution in [2.24, 2.45) is 22.8 Å². The first-order chi connectivity index (χ1) is 19.0. The van der Waals surface area contributed by atoms with E-state index in [9.17, 15) is 14.0 Å². The monoisotopic (exact) mass is 564 g/mol. The Morgan fingerprint density at radius 3 is 2.55 bits per heavy atom. The number of hydrogen-bond donors (Lipinski definition) is 4. The van der Waals surface area contributed by atoms with E-state index < -0.39 is 18.3 Å². The van der Waals surface area contributed by atoms with Crippen LogP contribution < -0.4 is 22.1 Å². The van der Waals surface area contributed by atoms with Crippen LogP contribution in [0.3, 0.4) is 0 Å². The highest BCUT2D eigenvalue weighted by Crippen LogP contribution is 2.39. The predicted octanol–water partition coefficient (Wildman–Crippen LogP) is 1.58. The molecule has 9 nitrogen and oxygen atoms in total. The van der Waals surface area contributed by atoms with Crippen LogP contribution in [-0.2, 0) is 9.59 Å². The molecule has 4 aliphatic rings. The molecule has 3 fully saturated rings. The van der Waals surface area contributed by atoms with E-state index in [1.807, 2.05) is 23.4 Å². The maximum atomic E-state index is 14.9. The highest BCUT2D eigenvalue weighted by atomic mass is 19.1. The normalized spacial score (nSPS) is 34.8. The number of nitrogens with one attached hydrogen (secondary N) is 2. The Labute approximate surface area is 240 Å². The van der Waals surface area contributed by atoms with Crippen molar-refractivity contribution in [2.45, 2.75) is 121 Å². The number of alkyl halides is 1. The van der Waals surface area contributed by atoms with Crippen LogP contribution in [0.15, 0.2) is 0 Å². The SMILES string of the molecule is CC[N+]1=CC(F)CCCC(C)(CC)CC1C(C(=O)NC1CNCCC1N1CCC2(CCC(=O)N2C)CC1)C(N)N. The zero-order valence-corrected chi connectivity index (χ0v) is 25.3. The van der Waals surface area contributed by atoms with E-state index in [4.69, 9.17) is 11.5 Å². The van der Waals surface area contributed by atoms with Crippen LogP contribution in [0.5, 0.6) is 0 Å². The molecule has 0 aromatic heterocycles. The van der Waals surface area contributed by atoms with Gasteiger partial charge in [-0.05, 0) is 63.8 Å². The lowest BCUT2D eigenvalue weighted by Crippen LogP contribution is -2.65. The molecule has 0 aromatic rings. The summed E-state index contributed by atoms with van der Waals surface area (Å²) in [5.41, 5.74) is 12.7. The van der Waals surface area contributed by atoms with Crippen molar-refractivity contribution in [3.8, 4) is 0 Å². The highest BCUT2D eigenvalue weighted by molar-refractivity contribution is 5.80. The summed E-state index contributed by atoms with van der Waals surface area (Å²) in [6.45, 7) is 10.5. The summed E-state index contributed by atoms with van der Waals surface area (Å²) in [5, 5.41) is 6.84. The number of nitrogens with two attached hydrogens (primary N) is 2. The number of carbonyl (C=O) groups excluding carboxylic acids is 2. The molecule has 0 radical (unpaired) electrons. The van der Waals surface area contributed by atoms with Crippen molar-refractivity contribution >= 4 is 18.0 Å². The largest absolute Gasteiger partial charge is 0.350 e. The molecule has 4 heterocycles. The molecular weight excluding hydrogens is 509 g/mol. The third kappa shape index (κ3) is 6.71. The summed E-state index contributed by atoms with van der Waals surface area (Å²) >= 11 is 0. The highest BCUT2D eigenvalue weighted by Gasteiger charge is 2.48. The van der Waals surface area contributed by atoms with Crippen molar-refractivity contribution in [3.63, 3.8) is 0 Å². The lowest BCUT2D eigenvalue weighted by Gasteiger charge is -2.48. The average Bonchev–Trinajstić information content (AvgIpc) is 3.22. The van der Waals surface area contributed by atoms with Crippen molar-refractivity contribution in [3.05, 3.63) is 0 Å². The molecule has 0 aliphatic carbocycles. The van der Waals surface area contributed by atoms with Crippen molar-refractivity contribution in [2.75, 3.05) is 39.8 Å². The van der Waals surface area contributed by atoms with E-state index in [1.165, 1.54) is 0 Å². The Kier molecular flexibility index (Phi) is 10.3. The van der Waals surface area contributed by atoms with Crippen LogP contribution in [0.4, 0.5) is 4.39 Å². The fourth-order valence-corrected chi connectivity index (χ4v) is 7.95. The molecular formula is C30H55FN7O2+. The maximum absolute atomic E-state index is 14.9. The molecule has 0 aromatic carbocycles. The van der Waals surface area contributed by atoms with E-state index in [1.54, 1.807) is 6.21 Å². The smallest absolute Gasteiger partial charge is 0.233 e. The second kappa shape index (κ2) is 13.1. The van der Waals surface area contributed by atoms with Crippen LogP contribution in [0.25, 0.3) is 0 Å². The molecule has 0 saturated carbocycles. The molecule has 3 saturated heterocycles. The molecule has 40 heavy (non-hydrogen) atoms. The number of halogens is 1. The molecule has 4 rings (SSSR count). The van der Waals surface area contributed by atoms with Gasteiger partial charge in [0.1, 0.15) is 12.5 Å². The second-order valence-corrected chi connectivity index (χ2v) is 13.3. The van der Waals surface area contributed by atoms with Crippen molar-refractivity contribution in [1.82, 2.24) is 20.4 Å². The van der Waals surface area contributed by atoms with Crippen LogP contribution >= 0.6 is 0 Å². The van der Waals surface area contributed by atoms with E-state index in [0.717, 1.165) is 71.0 Å². The molecule has 6 unspecified atom stereocenters. The zero-order chi connectivity index (χ0) is 29.1. The van der Waals surface area contributed by atoms with Gasteiger partial charge in [-0.3, -0.25) is 14.5 Å². The second-order valence-electron chi connectivity index (χ2n) is 13.3. The van der Waals surface area contributed by atoms with Crippen LogP contribution in [0, 0.1) is 11.3 Å². The quantitative estimate of drug-likeness (QED) is 0.275. The lowest BCUT2D eigenvalue weighted by atomic mass is 9.74. The fraction of sp³-hybridized carbons (Fsp3) is 0.900. The van der Waals surface area contributed by atoms with Crippen LogP contribution in [0.1, 0.15) is 85.0 Å². The van der Waals surface area contributed by atoms with Gasteiger partial charge in [0.15, 0.2) is 18.4 Å². The van der Waals surface area contributed by atoms with Gasteiger partial charge < -0.3 is 27.0 Å². The minimum absolute atomic E-state index is 0.00605. The van der Waals surface area contributed by atoms with Gasteiger partial charge in [-0.25, -0.2) is 8.97 Å². The number of piperidine rings is 2. The summed E-state index contributed by atoms with van der Waals surface area (Å²) < 4.78 is 16.9. The average molecular weight is 565 g/mol. The van der Waals surface area contributed by atoms with Gasteiger partial charge in [-0.2, -0.15) is 0 Å². The first-order valence-corrected chi connectivity index (χ1v) is 15.8. The van der Waals surface area contributed by atoms with Gasteiger partial charge in [0, 0.05) is 51.1 Å². The first-order valence-electron chi connectivity index (χ1n) is 15.8. The van der Waals surface area contributed by atoms with E-state index in [-0.39, 0.29) is 40.9 Å². The van der Waals surface area contributed by atoms with E-state index in [2.05, 4.69) is 29.4 Å². The van der Waals surface area contributed by atoms with Gasteiger partial charge in [0.2, 0.25) is 11.8 Å². The topological polar surface area (TPSA) is 120 Å². The molecule has 2 amide bonds. The number of likely N-dealkylation sites (tertiary alicyclic amines) is 2. The molecule has 0 bridgehead atoms. The number of carbonyl (C=O) groups is 2. The van der Waals surface area contributed by atoms with Crippen LogP contribution in [-0.4, -0.2) is 108 Å². The lowest BCUT2D eigenvalue weighted by molar-refractivity contribution is -0.570. The Balaban J connectivity index is 1.51.